The number of halogens is 3. The van der Waals surface area contributed by atoms with Crippen molar-refractivity contribution in [1.29, 1.82) is 0 Å². The Bertz CT molecular complexity index is 1820. The molecule has 3 N–H and O–H groups in total. The average molecular weight is 676 g/mol. The molecule has 250 valence electrons. The van der Waals surface area contributed by atoms with Crippen molar-refractivity contribution in [2.24, 2.45) is 0 Å². The Morgan fingerprint density at radius 3 is 2.62 bits per heavy atom. The van der Waals surface area contributed by atoms with Gasteiger partial charge in [-0.15, -0.1) is 0 Å². The number of benzene rings is 2. The molecule has 0 aliphatic carbocycles. The third-order valence-corrected chi connectivity index (χ3v) is 9.12. The van der Waals surface area contributed by atoms with Gasteiger partial charge in [-0.2, -0.15) is 23.3 Å². The maximum atomic E-state index is 14.2. The largest absolute Gasteiger partial charge is 0.495 e. The standard InChI is InChI=1S/C30H33F3N7O6P/c1-5-45-47(42)17-18-7-9-22(24(13-18)43-3)38-29-35-15-21(30(31,32)33)27(39-29)37-23-10-8-20(26(44-4)25(23)28(41)34-2)19-14-36-40(16-19)11-6-12-46-47/h7-10,13-16H,5-6,11-12,17H2,1-4H3,(H,34,41)(H2,35,37,38,39)/t47-/m0/s1. The molecule has 1 atom stereocenters. The highest BCUT2D eigenvalue weighted by atomic mass is 31.2. The number of alkyl halides is 3. The van der Waals surface area contributed by atoms with Crippen LogP contribution in [0.4, 0.5) is 36.3 Å². The minimum atomic E-state index is -4.84. The third-order valence-electron chi connectivity index (χ3n) is 7.14. The minimum absolute atomic E-state index is 0.00689. The smallest absolute Gasteiger partial charge is 0.421 e. The second kappa shape index (κ2) is 14.0. The summed E-state index contributed by atoms with van der Waals surface area (Å²) in [7, 11) is 0.585. The molecule has 47 heavy (non-hydrogen) atoms. The van der Waals surface area contributed by atoms with Gasteiger partial charge in [-0.3, -0.25) is 14.0 Å². The van der Waals surface area contributed by atoms with E-state index in [9.17, 15) is 22.5 Å². The Morgan fingerprint density at radius 1 is 1.13 bits per heavy atom. The first-order chi connectivity index (χ1) is 22.5. The number of rotatable bonds is 5. The molecule has 8 bridgehead atoms. The molecule has 1 amide bonds. The number of anilines is 4. The summed E-state index contributed by atoms with van der Waals surface area (Å²) in [6.07, 6.45) is -0.504. The first-order valence-electron chi connectivity index (χ1n) is 14.5. The van der Waals surface area contributed by atoms with Crippen molar-refractivity contribution in [2.45, 2.75) is 32.2 Å². The van der Waals surface area contributed by atoms with E-state index in [1.165, 1.54) is 27.3 Å². The molecule has 0 saturated heterocycles. The van der Waals surface area contributed by atoms with Crippen LogP contribution < -0.4 is 25.4 Å². The lowest BCUT2D eigenvalue weighted by molar-refractivity contribution is -0.137. The molecular weight excluding hydrogens is 642 g/mol. The van der Waals surface area contributed by atoms with Gasteiger partial charge in [0, 0.05) is 37.1 Å². The molecule has 4 aliphatic heterocycles. The van der Waals surface area contributed by atoms with Crippen LogP contribution in [-0.4, -0.2) is 60.1 Å². The predicted octanol–water partition coefficient (Wildman–Crippen LogP) is 6.37. The average Bonchev–Trinajstić information content (AvgIpc) is 3.51. The number of hydrogen-bond acceptors (Lipinski definition) is 11. The Morgan fingerprint density at radius 2 is 1.91 bits per heavy atom. The van der Waals surface area contributed by atoms with Crippen LogP contribution in [0, 0.1) is 0 Å². The van der Waals surface area contributed by atoms with Gasteiger partial charge in [-0.1, -0.05) is 6.07 Å². The zero-order valence-electron chi connectivity index (χ0n) is 26.0. The van der Waals surface area contributed by atoms with E-state index in [0.29, 0.717) is 41.5 Å². The molecule has 6 heterocycles. The maximum Gasteiger partial charge on any atom is 0.421 e. The predicted molar refractivity (Wildman–Crippen MR) is 168 cm³/mol. The molecule has 0 radical (unpaired) electrons. The second-order valence-corrected chi connectivity index (χ2v) is 12.3. The lowest BCUT2D eigenvalue weighted by Gasteiger charge is -2.20. The van der Waals surface area contributed by atoms with Crippen molar-refractivity contribution in [2.75, 3.05) is 45.1 Å². The van der Waals surface area contributed by atoms with Gasteiger partial charge in [0.15, 0.2) is 0 Å². The highest BCUT2D eigenvalue weighted by molar-refractivity contribution is 7.53. The molecule has 4 aromatic rings. The molecule has 2 aromatic carbocycles. The summed E-state index contributed by atoms with van der Waals surface area (Å²) in [4.78, 5) is 21.2. The van der Waals surface area contributed by atoms with Gasteiger partial charge in [-0.25, -0.2) is 4.98 Å². The fourth-order valence-electron chi connectivity index (χ4n) is 5.01. The quantitative estimate of drug-likeness (QED) is 0.202. The number of ether oxygens (including phenoxy) is 2. The van der Waals surface area contributed by atoms with Crippen molar-refractivity contribution in [3.8, 4) is 22.6 Å². The van der Waals surface area contributed by atoms with E-state index < -0.39 is 31.1 Å². The van der Waals surface area contributed by atoms with Crippen molar-refractivity contribution < 1.29 is 41.1 Å². The zero-order valence-corrected chi connectivity index (χ0v) is 26.9. The third kappa shape index (κ3) is 7.50. The zero-order chi connectivity index (χ0) is 33.8. The number of carbonyl (C=O) groups is 1. The molecule has 4 aliphatic rings. The van der Waals surface area contributed by atoms with Crippen LogP contribution in [0.2, 0.25) is 0 Å². The summed E-state index contributed by atoms with van der Waals surface area (Å²) < 4.78 is 80.3. The first-order valence-corrected chi connectivity index (χ1v) is 16.2. The number of methoxy groups -OCH3 is 2. The Balaban J connectivity index is 1.67. The summed E-state index contributed by atoms with van der Waals surface area (Å²) in [5, 5.41) is 12.5. The van der Waals surface area contributed by atoms with Crippen LogP contribution in [0.1, 0.15) is 34.8 Å². The summed E-state index contributed by atoms with van der Waals surface area (Å²) in [6, 6.07) is 7.92. The van der Waals surface area contributed by atoms with Crippen LogP contribution in [0.3, 0.4) is 0 Å². The minimum Gasteiger partial charge on any atom is -0.495 e. The van der Waals surface area contributed by atoms with Crippen molar-refractivity contribution in [1.82, 2.24) is 25.1 Å². The normalized spacial score (nSPS) is 16.7. The van der Waals surface area contributed by atoms with Crippen molar-refractivity contribution >= 4 is 36.6 Å². The molecule has 0 unspecified atom stereocenters. The summed E-state index contributed by atoms with van der Waals surface area (Å²) in [6.45, 7) is 2.41. The van der Waals surface area contributed by atoms with E-state index in [-0.39, 0.29) is 48.1 Å². The summed E-state index contributed by atoms with van der Waals surface area (Å²) >= 11 is 0. The molecule has 0 fully saturated rings. The molecule has 13 nitrogen and oxygen atoms in total. The highest BCUT2D eigenvalue weighted by Crippen LogP contribution is 2.52. The van der Waals surface area contributed by atoms with Gasteiger partial charge in [0.05, 0.1) is 51.2 Å². The number of hydrogen-bond donors (Lipinski definition) is 3. The van der Waals surface area contributed by atoms with Gasteiger partial charge in [-0.05, 0) is 43.2 Å². The number of amides is 1. The highest BCUT2D eigenvalue weighted by Gasteiger charge is 2.36. The fourth-order valence-corrected chi connectivity index (χ4v) is 6.71. The van der Waals surface area contributed by atoms with Gasteiger partial charge in [0.1, 0.15) is 28.4 Å². The van der Waals surface area contributed by atoms with Crippen LogP contribution in [0.25, 0.3) is 11.1 Å². The lowest BCUT2D eigenvalue weighted by Crippen LogP contribution is -2.21. The van der Waals surface area contributed by atoms with Crippen LogP contribution in [0.5, 0.6) is 11.5 Å². The van der Waals surface area contributed by atoms with E-state index in [2.05, 4.69) is 31.0 Å². The molecule has 0 saturated carbocycles. The van der Waals surface area contributed by atoms with E-state index in [4.69, 9.17) is 18.5 Å². The van der Waals surface area contributed by atoms with Crippen LogP contribution >= 0.6 is 7.60 Å². The van der Waals surface area contributed by atoms with Gasteiger partial charge in [0.2, 0.25) is 5.95 Å². The van der Waals surface area contributed by atoms with E-state index in [1.54, 1.807) is 48.3 Å². The van der Waals surface area contributed by atoms with Gasteiger partial charge >= 0.3 is 13.8 Å². The molecule has 8 rings (SSSR count). The summed E-state index contributed by atoms with van der Waals surface area (Å²) in [5.74, 6) is -1.05. The number of aryl methyl sites for hydroxylation is 1. The Kier molecular flexibility index (Phi) is 10.0. The second-order valence-electron chi connectivity index (χ2n) is 10.3. The molecule has 0 spiro atoms. The van der Waals surface area contributed by atoms with Crippen LogP contribution in [0.15, 0.2) is 48.9 Å². The SMILES string of the molecule is CCO[P@@]1(=O)Cc2ccc(c(OC)c2)Nc2ncc(C(F)(F)F)c(n2)Nc2ccc(c(OC)c2C(=O)NC)-c2cnn(c2)CCCO1. The topological polar surface area (TPSA) is 151 Å². The number of nitrogens with one attached hydrogen (secondary N) is 3. The van der Waals surface area contributed by atoms with E-state index in [0.717, 1.165) is 0 Å². The number of carbonyl (C=O) groups excluding carboxylic acids is 1. The molecule has 2 aromatic heterocycles. The fraction of sp³-hybridized carbons (Fsp3) is 0.333. The van der Waals surface area contributed by atoms with E-state index >= 15 is 0 Å². The first kappa shape index (κ1) is 33.7. The van der Waals surface area contributed by atoms with Crippen molar-refractivity contribution in [3.63, 3.8) is 0 Å². The monoisotopic (exact) mass is 675 g/mol. The Hall–Kier alpha value is -4.66. The molecule has 17 heteroatoms. The van der Waals surface area contributed by atoms with Crippen molar-refractivity contribution in [3.05, 3.63) is 65.6 Å². The lowest BCUT2D eigenvalue weighted by atomic mass is 10.0. The number of aromatic nitrogens is 4. The van der Waals surface area contributed by atoms with Gasteiger partial charge < -0.3 is 34.5 Å². The number of nitrogens with zero attached hydrogens (tertiary/aromatic N) is 4. The molecular formula is C30H33F3N7O6P. The Labute approximate surface area is 268 Å². The van der Waals surface area contributed by atoms with E-state index in [1.807, 2.05) is 0 Å². The summed E-state index contributed by atoms with van der Waals surface area (Å²) in [5.41, 5.74) is 0.747. The van der Waals surface area contributed by atoms with Crippen LogP contribution in [-0.2, 0) is 32.5 Å². The maximum absolute atomic E-state index is 14.2. The van der Waals surface area contributed by atoms with Gasteiger partial charge in [0.25, 0.3) is 5.91 Å².